The van der Waals surface area contributed by atoms with Gasteiger partial charge in [-0.2, -0.15) is 0 Å². The lowest BCUT2D eigenvalue weighted by molar-refractivity contribution is -0.115. The van der Waals surface area contributed by atoms with E-state index in [4.69, 9.17) is 4.74 Å². The minimum atomic E-state index is -0.575. The maximum atomic E-state index is 11.9. The molecule has 3 rings (SSSR count). The van der Waals surface area contributed by atoms with Crippen molar-refractivity contribution in [2.75, 3.05) is 0 Å². The molecule has 1 N–H and O–H groups in total. The first-order valence-corrected chi connectivity index (χ1v) is 10.6. The lowest BCUT2D eigenvalue weighted by atomic mass is 9.55. The van der Waals surface area contributed by atoms with Gasteiger partial charge in [-0.3, -0.25) is 4.79 Å². The van der Waals surface area contributed by atoms with Gasteiger partial charge in [-0.25, -0.2) is 0 Å². The minimum Gasteiger partial charge on any atom is -0.390 e. The van der Waals surface area contributed by atoms with Crippen molar-refractivity contribution in [2.24, 2.45) is 23.7 Å². The van der Waals surface area contributed by atoms with Gasteiger partial charge in [-0.1, -0.05) is 36.8 Å². The molecule has 1 saturated heterocycles. The highest BCUT2D eigenvalue weighted by Gasteiger charge is 2.69. The van der Waals surface area contributed by atoms with Crippen molar-refractivity contribution in [1.82, 2.24) is 0 Å². The molecule has 0 aromatic heterocycles. The average Bonchev–Trinajstić information content (AvgIpc) is 3.32. The van der Waals surface area contributed by atoms with Crippen LogP contribution in [0.4, 0.5) is 0 Å². The first kappa shape index (κ1) is 20.5. The van der Waals surface area contributed by atoms with Crippen molar-refractivity contribution in [1.29, 1.82) is 0 Å². The Morgan fingerprint density at radius 1 is 1.26 bits per heavy atom. The van der Waals surface area contributed by atoms with Gasteiger partial charge in [-0.05, 0) is 77.2 Å². The molecule has 3 fully saturated rings. The van der Waals surface area contributed by atoms with Crippen LogP contribution in [0.3, 0.4) is 0 Å². The number of Topliss-reactive ketones (excluding diaryl/α,β-unsaturated/α-hetero) is 1. The number of hydrogen-bond acceptors (Lipinski definition) is 3. The molecule has 1 aliphatic heterocycles. The Kier molecular flexibility index (Phi) is 5.58. The molecule has 2 saturated carbocycles. The number of ether oxygens (including phenoxy) is 1. The van der Waals surface area contributed by atoms with Crippen LogP contribution in [-0.2, 0) is 9.53 Å². The highest BCUT2D eigenvalue weighted by molar-refractivity contribution is 5.94. The summed E-state index contributed by atoms with van der Waals surface area (Å²) in [5.41, 5.74) is 1.50. The third-order valence-corrected chi connectivity index (χ3v) is 7.40. The Bertz CT molecular complexity index is 684. The Balaban J connectivity index is 1.92. The molecule has 3 nitrogen and oxygen atoms in total. The van der Waals surface area contributed by atoms with E-state index in [1.165, 1.54) is 5.57 Å². The number of aliphatic hydroxyl groups is 1. The number of carbonyl (C=O) groups excluding carboxylic acids is 1. The number of allylic oxidation sites excluding steroid dienone is 5. The molecule has 7 unspecified atom stereocenters. The molecule has 27 heavy (non-hydrogen) atoms. The van der Waals surface area contributed by atoms with Gasteiger partial charge in [0.05, 0.1) is 17.3 Å². The van der Waals surface area contributed by atoms with E-state index in [9.17, 15) is 9.90 Å². The fourth-order valence-electron chi connectivity index (χ4n) is 5.78. The number of epoxide rings is 1. The molecule has 0 amide bonds. The monoisotopic (exact) mass is 372 g/mol. The maximum Gasteiger partial charge on any atom is 0.158 e. The summed E-state index contributed by atoms with van der Waals surface area (Å²) in [6, 6.07) is 0. The first-order valence-electron chi connectivity index (χ1n) is 10.6. The van der Waals surface area contributed by atoms with Crippen molar-refractivity contribution >= 4 is 5.78 Å². The molecule has 0 aromatic rings. The topological polar surface area (TPSA) is 49.8 Å². The van der Waals surface area contributed by atoms with E-state index in [-0.39, 0.29) is 17.5 Å². The van der Waals surface area contributed by atoms with E-state index in [1.54, 1.807) is 0 Å². The molecule has 0 radical (unpaired) electrons. The van der Waals surface area contributed by atoms with Crippen LogP contribution in [-0.4, -0.2) is 28.2 Å². The molecule has 3 aliphatic rings. The molecule has 7 atom stereocenters. The van der Waals surface area contributed by atoms with Gasteiger partial charge in [-0.15, -0.1) is 0 Å². The van der Waals surface area contributed by atoms with E-state index >= 15 is 0 Å². The van der Waals surface area contributed by atoms with E-state index in [1.807, 2.05) is 26.8 Å². The summed E-state index contributed by atoms with van der Waals surface area (Å²) in [5.74, 6) is 1.89. The van der Waals surface area contributed by atoms with Crippen LogP contribution < -0.4 is 0 Å². The van der Waals surface area contributed by atoms with E-state index in [0.717, 1.165) is 24.8 Å². The van der Waals surface area contributed by atoms with Crippen LogP contribution in [0.2, 0.25) is 0 Å². The van der Waals surface area contributed by atoms with Crippen molar-refractivity contribution in [3.05, 3.63) is 35.5 Å². The largest absolute Gasteiger partial charge is 0.390 e. The van der Waals surface area contributed by atoms with Crippen molar-refractivity contribution in [3.8, 4) is 0 Å². The number of rotatable bonds is 5. The molecule has 0 spiro atoms. The third-order valence-electron chi connectivity index (χ3n) is 7.40. The number of ketones is 1. The summed E-state index contributed by atoms with van der Waals surface area (Å²) in [6.45, 7) is 12.3. The van der Waals surface area contributed by atoms with Gasteiger partial charge in [0.15, 0.2) is 5.78 Å². The Morgan fingerprint density at radius 2 is 1.96 bits per heavy atom. The van der Waals surface area contributed by atoms with Gasteiger partial charge in [0, 0.05) is 12.3 Å². The van der Waals surface area contributed by atoms with E-state index < -0.39 is 5.60 Å². The average molecular weight is 373 g/mol. The number of hydrogen-bond donors (Lipinski definition) is 1. The Labute approximate surface area is 164 Å². The molecule has 1 heterocycles. The van der Waals surface area contributed by atoms with Crippen LogP contribution in [0.5, 0.6) is 0 Å². The molecular weight excluding hydrogens is 336 g/mol. The SMILES string of the molecule is CC=C(C)C1C(C=CC=C(C)C(=O)CC)C2CCC(C)(O)CC2C2OC21C. The third kappa shape index (κ3) is 3.73. The lowest BCUT2D eigenvalue weighted by Crippen LogP contribution is -2.50. The van der Waals surface area contributed by atoms with Gasteiger partial charge < -0.3 is 9.84 Å². The fraction of sp³-hybridized carbons (Fsp3) is 0.708. The van der Waals surface area contributed by atoms with E-state index in [2.05, 4.69) is 39.0 Å². The lowest BCUT2D eigenvalue weighted by Gasteiger charge is -2.48. The van der Waals surface area contributed by atoms with Crippen LogP contribution in [0.25, 0.3) is 0 Å². The second-order valence-corrected chi connectivity index (χ2v) is 9.39. The minimum absolute atomic E-state index is 0.127. The summed E-state index contributed by atoms with van der Waals surface area (Å²) in [5, 5.41) is 10.6. The van der Waals surface area contributed by atoms with Crippen molar-refractivity contribution < 1.29 is 14.6 Å². The summed E-state index contributed by atoms with van der Waals surface area (Å²) in [6.07, 6.45) is 12.1. The van der Waals surface area contributed by atoms with Gasteiger partial charge in [0.1, 0.15) is 0 Å². The van der Waals surface area contributed by atoms with Gasteiger partial charge >= 0.3 is 0 Å². The molecule has 3 heteroatoms. The predicted molar refractivity (Wildman–Crippen MR) is 109 cm³/mol. The Hall–Kier alpha value is -1.19. The maximum absolute atomic E-state index is 11.9. The predicted octanol–water partition coefficient (Wildman–Crippen LogP) is 5.01. The van der Waals surface area contributed by atoms with Crippen LogP contribution in [0, 0.1) is 23.7 Å². The normalized spacial score (nSPS) is 44.8. The molecular formula is C24H36O3. The highest BCUT2D eigenvalue weighted by atomic mass is 16.6. The van der Waals surface area contributed by atoms with Gasteiger partial charge in [0.25, 0.3) is 0 Å². The zero-order chi connectivity index (χ0) is 20.0. The Morgan fingerprint density at radius 3 is 2.59 bits per heavy atom. The second-order valence-electron chi connectivity index (χ2n) is 9.39. The van der Waals surface area contributed by atoms with Crippen LogP contribution in [0.15, 0.2) is 35.5 Å². The molecule has 2 aliphatic carbocycles. The quantitative estimate of drug-likeness (QED) is 0.320. The zero-order valence-corrected chi connectivity index (χ0v) is 17.8. The second kappa shape index (κ2) is 7.33. The van der Waals surface area contributed by atoms with Gasteiger partial charge in [0.2, 0.25) is 0 Å². The zero-order valence-electron chi connectivity index (χ0n) is 17.8. The number of carbonyl (C=O) groups is 1. The standard InChI is InChI=1S/C24H36O3/c1-7-15(3)21-18(11-9-10-16(4)20(25)8-2)17-12-13-23(5,26)14-19(17)22-24(21,6)27-22/h7,9-11,17-19,21-22,26H,8,12-14H2,1-6H3. The molecule has 150 valence electrons. The van der Waals surface area contributed by atoms with Crippen molar-refractivity contribution in [3.63, 3.8) is 0 Å². The summed E-state index contributed by atoms with van der Waals surface area (Å²) in [7, 11) is 0. The van der Waals surface area contributed by atoms with E-state index in [0.29, 0.717) is 30.1 Å². The molecule has 0 aromatic carbocycles. The van der Waals surface area contributed by atoms with Crippen LogP contribution >= 0.6 is 0 Å². The smallest absolute Gasteiger partial charge is 0.158 e. The highest BCUT2D eigenvalue weighted by Crippen LogP contribution is 2.64. The first-order chi connectivity index (χ1) is 12.6. The summed E-state index contributed by atoms with van der Waals surface area (Å²) < 4.78 is 6.32. The summed E-state index contributed by atoms with van der Waals surface area (Å²) in [4.78, 5) is 11.9. The fourth-order valence-corrected chi connectivity index (χ4v) is 5.78. The number of fused-ring (bicyclic) bond motifs is 3. The molecule has 0 bridgehead atoms. The summed E-state index contributed by atoms with van der Waals surface area (Å²) >= 11 is 0. The van der Waals surface area contributed by atoms with Crippen molar-refractivity contribution in [2.45, 2.75) is 84.5 Å². The van der Waals surface area contributed by atoms with Crippen LogP contribution in [0.1, 0.15) is 67.2 Å².